The molecule has 0 unspecified atom stereocenters. The van der Waals surface area contributed by atoms with E-state index in [1.54, 1.807) is 7.11 Å². The van der Waals surface area contributed by atoms with Gasteiger partial charge >= 0.3 is 0 Å². The van der Waals surface area contributed by atoms with Crippen molar-refractivity contribution in [2.45, 2.75) is 39.2 Å². The maximum Gasteiger partial charge on any atom is 0.191 e. The van der Waals surface area contributed by atoms with Crippen LogP contribution in [0.3, 0.4) is 0 Å². The molecular formula is C19H32N4O. The predicted molar refractivity (Wildman–Crippen MR) is 101 cm³/mol. The summed E-state index contributed by atoms with van der Waals surface area (Å²) in [7, 11) is 3.53. The predicted octanol–water partition coefficient (Wildman–Crippen LogP) is 2.54. The van der Waals surface area contributed by atoms with Crippen molar-refractivity contribution in [2.75, 3.05) is 40.3 Å². The van der Waals surface area contributed by atoms with Crippen molar-refractivity contribution in [2.24, 2.45) is 4.99 Å². The Morgan fingerprint density at radius 1 is 1.21 bits per heavy atom. The molecular weight excluding hydrogens is 300 g/mol. The number of rotatable bonds is 8. The SMILES string of the molecule is CN=C(NCCCCN1CCCC1)NCc1ccc(C)cc1OC. The Labute approximate surface area is 146 Å². The number of unbranched alkanes of at least 4 members (excludes halogenated alkanes) is 1. The average Bonchev–Trinajstić information content (AvgIpc) is 3.11. The third kappa shape index (κ3) is 6.04. The van der Waals surface area contributed by atoms with Gasteiger partial charge in [0.1, 0.15) is 5.75 Å². The number of aliphatic imine (C=N–C) groups is 1. The molecule has 1 aromatic rings. The highest BCUT2D eigenvalue weighted by Crippen LogP contribution is 2.19. The van der Waals surface area contributed by atoms with Gasteiger partial charge < -0.3 is 20.3 Å². The van der Waals surface area contributed by atoms with Gasteiger partial charge in [0.05, 0.1) is 7.11 Å². The van der Waals surface area contributed by atoms with Crippen LogP contribution in [0.5, 0.6) is 5.75 Å². The number of likely N-dealkylation sites (tertiary alicyclic amines) is 1. The van der Waals surface area contributed by atoms with Crippen LogP contribution >= 0.6 is 0 Å². The summed E-state index contributed by atoms with van der Waals surface area (Å²) < 4.78 is 5.45. The second-order valence-corrected chi connectivity index (χ2v) is 6.42. The lowest BCUT2D eigenvalue weighted by Crippen LogP contribution is -2.37. The van der Waals surface area contributed by atoms with Crippen LogP contribution < -0.4 is 15.4 Å². The zero-order valence-electron chi connectivity index (χ0n) is 15.4. The molecule has 1 heterocycles. The zero-order chi connectivity index (χ0) is 17.2. The van der Waals surface area contributed by atoms with E-state index in [4.69, 9.17) is 4.74 Å². The van der Waals surface area contributed by atoms with Crippen LogP contribution in [0.2, 0.25) is 0 Å². The normalized spacial score (nSPS) is 15.5. The molecule has 1 saturated heterocycles. The van der Waals surface area contributed by atoms with Crippen molar-refractivity contribution < 1.29 is 4.74 Å². The fourth-order valence-electron chi connectivity index (χ4n) is 3.07. The number of aryl methyl sites for hydroxylation is 1. The van der Waals surface area contributed by atoms with Gasteiger partial charge in [0.15, 0.2) is 5.96 Å². The van der Waals surface area contributed by atoms with Crippen LogP contribution in [0.25, 0.3) is 0 Å². The highest BCUT2D eigenvalue weighted by molar-refractivity contribution is 5.79. The molecule has 1 fully saturated rings. The largest absolute Gasteiger partial charge is 0.496 e. The number of nitrogens with one attached hydrogen (secondary N) is 2. The summed E-state index contributed by atoms with van der Waals surface area (Å²) in [5.41, 5.74) is 2.34. The van der Waals surface area contributed by atoms with Crippen molar-refractivity contribution >= 4 is 5.96 Å². The molecule has 0 amide bonds. The summed E-state index contributed by atoms with van der Waals surface area (Å²) in [6.07, 6.45) is 5.16. The number of methoxy groups -OCH3 is 1. The first kappa shape index (κ1) is 18.6. The van der Waals surface area contributed by atoms with Gasteiger partial charge in [-0.15, -0.1) is 0 Å². The fourth-order valence-corrected chi connectivity index (χ4v) is 3.07. The summed E-state index contributed by atoms with van der Waals surface area (Å²) in [5.74, 6) is 1.77. The first-order valence-corrected chi connectivity index (χ1v) is 9.03. The van der Waals surface area contributed by atoms with Crippen LogP contribution in [-0.4, -0.2) is 51.2 Å². The Morgan fingerprint density at radius 2 is 2.00 bits per heavy atom. The van der Waals surface area contributed by atoms with E-state index in [1.165, 1.54) is 50.9 Å². The molecule has 2 rings (SSSR count). The minimum Gasteiger partial charge on any atom is -0.496 e. The van der Waals surface area contributed by atoms with Gasteiger partial charge in [-0.05, 0) is 63.9 Å². The molecule has 0 aliphatic carbocycles. The van der Waals surface area contributed by atoms with E-state index in [-0.39, 0.29) is 0 Å². The number of guanidine groups is 1. The van der Waals surface area contributed by atoms with Gasteiger partial charge in [0.2, 0.25) is 0 Å². The summed E-state index contributed by atoms with van der Waals surface area (Å²) in [5, 5.41) is 6.75. The lowest BCUT2D eigenvalue weighted by molar-refractivity contribution is 0.330. The molecule has 2 N–H and O–H groups in total. The first-order chi connectivity index (χ1) is 11.7. The molecule has 5 nitrogen and oxygen atoms in total. The molecule has 0 saturated carbocycles. The van der Waals surface area contributed by atoms with E-state index in [1.807, 2.05) is 7.05 Å². The molecule has 1 aliphatic rings. The number of hydrogen-bond acceptors (Lipinski definition) is 3. The zero-order valence-corrected chi connectivity index (χ0v) is 15.4. The maximum absolute atomic E-state index is 5.45. The average molecular weight is 332 g/mol. The molecule has 1 aliphatic heterocycles. The monoisotopic (exact) mass is 332 g/mol. The van der Waals surface area contributed by atoms with Crippen LogP contribution in [0.1, 0.15) is 36.8 Å². The van der Waals surface area contributed by atoms with Crippen molar-refractivity contribution in [3.8, 4) is 5.75 Å². The molecule has 0 bridgehead atoms. The van der Waals surface area contributed by atoms with E-state index in [2.05, 4.69) is 45.6 Å². The Kier molecular flexibility index (Phi) is 7.89. The van der Waals surface area contributed by atoms with E-state index < -0.39 is 0 Å². The topological polar surface area (TPSA) is 48.9 Å². The van der Waals surface area contributed by atoms with Gasteiger partial charge in [-0.25, -0.2) is 0 Å². The molecule has 0 atom stereocenters. The van der Waals surface area contributed by atoms with Crippen molar-refractivity contribution in [1.29, 1.82) is 0 Å². The van der Waals surface area contributed by atoms with E-state index in [0.717, 1.165) is 23.8 Å². The van der Waals surface area contributed by atoms with Crippen LogP contribution in [0.15, 0.2) is 23.2 Å². The van der Waals surface area contributed by atoms with Gasteiger partial charge in [0.25, 0.3) is 0 Å². The summed E-state index contributed by atoms with van der Waals surface area (Å²) in [6, 6.07) is 6.27. The molecule has 0 radical (unpaired) electrons. The van der Waals surface area contributed by atoms with Crippen molar-refractivity contribution in [3.63, 3.8) is 0 Å². The van der Waals surface area contributed by atoms with Crippen LogP contribution in [0.4, 0.5) is 0 Å². The Bertz CT molecular complexity index is 524. The molecule has 24 heavy (non-hydrogen) atoms. The van der Waals surface area contributed by atoms with Gasteiger partial charge in [-0.1, -0.05) is 12.1 Å². The summed E-state index contributed by atoms with van der Waals surface area (Å²) in [6.45, 7) is 7.54. The Balaban J connectivity index is 1.66. The number of nitrogens with zero attached hydrogens (tertiary/aromatic N) is 2. The second kappa shape index (κ2) is 10.2. The van der Waals surface area contributed by atoms with Crippen LogP contribution in [-0.2, 0) is 6.54 Å². The quantitative estimate of drug-likeness (QED) is 0.436. The minimum absolute atomic E-state index is 0.705. The lowest BCUT2D eigenvalue weighted by atomic mass is 10.1. The van der Waals surface area contributed by atoms with Gasteiger partial charge in [0, 0.05) is 25.7 Å². The second-order valence-electron chi connectivity index (χ2n) is 6.42. The molecule has 5 heteroatoms. The maximum atomic E-state index is 5.45. The lowest BCUT2D eigenvalue weighted by Gasteiger charge is -2.16. The highest BCUT2D eigenvalue weighted by Gasteiger charge is 2.10. The minimum atomic E-state index is 0.705. The Morgan fingerprint density at radius 3 is 2.71 bits per heavy atom. The van der Waals surface area contributed by atoms with E-state index in [9.17, 15) is 0 Å². The summed E-state index contributed by atoms with van der Waals surface area (Å²) in [4.78, 5) is 6.86. The van der Waals surface area contributed by atoms with E-state index >= 15 is 0 Å². The highest BCUT2D eigenvalue weighted by atomic mass is 16.5. The number of hydrogen-bond donors (Lipinski definition) is 2. The van der Waals surface area contributed by atoms with Gasteiger partial charge in [-0.3, -0.25) is 4.99 Å². The third-order valence-electron chi connectivity index (χ3n) is 4.50. The molecule has 134 valence electrons. The molecule has 0 spiro atoms. The smallest absolute Gasteiger partial charge is 0.191 e. The first-order valence-electron chi connectivity index (χ1n) is 9.03. The number of ether oxygens (including phenoxy) is 1. The van der Waals surface area contributed by atoms with Crippen LogP contribution in [0, 0.1) is 6.92 Å². The van der Waals surface area contributed by atoms with Crippen molar-refractivity contribution in [1.82, 2.24) is 15.5 Å². The summed E-state index contributed by atoms with van der Waals surface area (Å²) >= 11 is 0. The van der Waals surface area contributed by atoms with E-state index in [0.29, 0.717) is 6.54 Å². The molecule has 1 aromatic carbocycles. The third-order valence-corrected chi connectivity index (χ3v) is 4.50. The Hall–Kier alpha value is -1.75. The molecule has 0 aromatic heterocycles. The standard InChI is InChI=1S/C19H32N4O/c1-16-8-9-17(18(14-16)24-3)15-22-19(20-2)21-10-4-5-11-23-12-6-7-13-23/h8-9,14H,4-7,10-13,15H2,1-3H3,(H2,20,21,22). The fraction of sp³-hybridized carbons (Fsp3) is 0.632. The van der Waals surface area contributed by atoms with Gasteiger partial charge in [-0.2, -0.15) is 0 Å². The number of benzene rings is 1. The van der Waals surface area contributed by atoms with Crippen molar-refractivity contribution in [3.05, 3.63) is 29.3 Å².